The van der Waals surface area contributed by atoms with Crippen molar-refractivity contribution in [3.63, 3.8) is 0 Å². The molecule has 1 aromatic heterocycles. The average Bonchev–Trinajstić information content (AvgIpc) is 2.82. The first-order valence-electron chi connectivity index (χ1n) is 10.4. The maximum absolute atomic E-state index is 12.9. The van der Waals surface area contributed by atoms with E-state index in [0.717, 1.165) is 5.56 Å². The smallest absolute Gasteiger partial charge is 0.251 e. The van der Waals surface area contributed by atoms with Crippen LogP contribution in [0.4, 0.5) is 0 Å². The van der Waals surface area contributed by atoms with Crippen molar-refractivity contribution >= 4 is 21.8 Å². The van der Waals surface area contributed by atoms with E-state index in [1.54, 1.807) is 24.5 Å². The van der Waals surface area contributed by atoms with Crippen molar-refractivity contribution in [1.82, 2.24) is 19.9 Å². The number of sulfonamides is 1. The third-order valence-corrected chi connectivity index (χ3v) is 7.05. The number of nitrogens with zero attached hydrogens (tertiary/aromatic N) is 2. The van der Waals surface area contributed by atoms with Crippen LogP contribution < -0.4 is 10.6 Å². The summed E-state index contributed by atoms with van der Waals surface area (Å²) >= 11 is 0. The lowest BCUT2D eigenvalue weighted by Gasteiger charge is -2.26. The van der Waals surface area contributed by atoms with Gasteiger partial charge in [0.1, 0.15) is 6.04 Å². The number of rotatable bonds is 8. The molecule has 1 fully saturated rings. The van der Waals surface area contributed by atoms with Crippen molar-refractivity contribution in [1.29, 1.82) is 0 Å². The molecule has 0 saturated carbocycles. The van der Waals surface area contributed by atoms with Gasteiger partial charge >= 0.3 is 0 Å². The number of aromatic nitrogens is 1. The maximum atomic E-state index is 12.9. The predicted octanol–water partition coefficient (Wildman–Crippen LogP) is 1.17. The first kappa shape index (κ1) is 23.8. The standard InChI is InChI=1S/C22H28N4O5S/c1-16(2)20(22(28)24-15-17-6-8-23-9-7-17)25-21(27)18-4-3-5-19(14-18)32(29,30)26-10-12-31-13-11-26/h3-9,14,16,20H,10-13,15H2,1-2H3,(H,24,28)(H,25,27)/t20-/m0/s1. The Balaban J connectivity index is 1.70. The van der Waals surface area contributed by atoms with E-state index in [2.05, 4.69) is 15.6 Å². The summed E-state index contributed by atoms with van der Waals surface area (Å²) in [7, 11) is -3.73. The molecule has 0 aliphatic carbocycles. The minimum absolute atomic E-state index is 0.0373. The van der Waals surface area contributed by atoms with Crippen LogP contribution in [0.15, 0.2) is 53.7 Å². The Morgan fingerprint density at radius 1 is 1.12 bits per heavy atom. The van der Waals surface area contributed by atoms with E-state index in [4.69, 9.17) is 4.74 Å². The lowest BCUT2D eigenvalue weighted by atomic mass is 10.0. The van der Waals surface area contributed by atoms with Gasteiger partial charge in [-0.1, -0.05) is 19.9 Å². The van der Waals surface area contributed by atoms with Gasteiger partial charge in [-0.25, -0.2) is 8.42 Å². The van der Waals surface area contributed by atoms with Crippen molar-refractivity contribution in [2.75, 3.05) is 26.3 Å². The number of carbonyl (C=O) groups is 2. The molecule has 10 heteroatoms. The Kier molecular flexibility index (Phi) is 7.94. The van der Waals surface area contributed by atoms with Crippen LogP contribution in [0.25, 0.3) is 0 Å². The molecule has 1 saturated heterocycles. The second-order valence-corrected chi connectivity index (χ2v) is 9.75. The topological polar surface area (TPSA) is 118 Å². The highest BCUT2D eigenvalue weighted by Gasteiger charge is 2.28. The maximum Gasteiger partial charge on any atom is 0.251 e. The molecule has 172 valence electrons. The van der Waals surface area contributed by atoms with Crippen molar-refractivity contribution < 1.29 is 22.7 Å². The van der Waals surface area contributed by atoms with Crippen LogP contribution in [-0.4, -0.2) is 61.9 Å². The van der Waals surface area contributed by atoms with Gasteiger partial charge in [-0.15, -0.1) is 0 Å². The zero-order valence-corrected chi connectivity index (χ0v) is 19.0. The van der Waals surface area contributed by atoms with Gasteiger partial charge in [-0.2, -0.15) is 4.31 Å². The van der Waals surface area contributed by atoms with Crippen LogP contribution in [0, 0.1) is 5.92 Å². The SMILES string of the molecule is CC(C)[C@H](NC(=O)c1cccc(S(=O)(=O)N2CCOCC2)c1)C(=O)NCc1ccncc1. The van der Waals surface area contributed by atoms with Gasteiger partial charge in [0.25, 0.3) is 5.91 Å². The van der Waals surface area contributed by atoms with Crippen LogP contribution >= 0.6 is 0 Å². The molecule has 1 aromatic carbocycles. The lowest BCUT2D eigenvalue weighted by Crippen LogP contribution is -2.49. The van der Waals surface area contributed by atoms with E-state index in [0.29, 0.717) is 19.8 Å². The molecule has 1 atom stereocenters. The Morgan fingerprint density at radius 2 is 1.81 bits per heavy atom. The van der Waals surface area contributed by atoms with E-state index in [9.17, 15) is 18.0 Å². The fourth-order valence-electron chi connectivity index (χ4n) is 3.29. The van der Waals surface area contributed by atoms with Gasteiger partial charge in [0.15, 0.2) is 0 Å². The number of carbonyl (C=O) groups excluding carboxylic acids is 2. The molecule has 2 amide bonds. The number of morpholine rings is 1. The number of benzene rings is 1. The van der Waals surface area contributed by atoms with Gasteiger partial charge < -0.3 is 15.4 Å². The van der Waals surface area contributed by atoms with Gasteiger partial charge in [0, 0.05) is 37.6 Å². The predicted molar refractivity (Wildman–Crippen MR) is 118 cm³/mol. The third kappa shape index (κ3) is 5.90. The number of pyridine rings is 1. The Labute approximate surface area is 188 Å². The molecular formula is C22H28N4O5S. The third-order valence-electron chi connectivity index (χ3n) is 5.16. The summed E-state index contributed by atoms with van der Waals surface area (Å²) in [5, 5.41) is 5.56. The molecule has 0 spiro atoms. The van der Waals surface area contributed by atoms with Crippen LogP contribution in [0.2, 0.25) is 0 Å². The van der Waals surface area contributed by atoms with E-state index in [1.807, 2.05) is 13.8 Å². The number of amides is 2. The van der Waals surface area contributed by atoms with Crippen LogP contribution in [-0.2, 0) is 26.1 Å². The molecule has 3 rings (SSSR count). The Bertz CT molecular complexity index is 1040. The summed E-state index contributed by atoms with van der Waals surface area (Å²) in [6.07, 6.45) is 3.28. The zero-order valence-electron chi connectivity index (χ0n) is 18.2. The van der Waals surface area contributed by atoms with Crippen molar-refractivity contribution in [2.45, 2.75) is 31.3 Å². The number of hydrogen-bond acceptors (Lipinski definition) is 6. The van der Waals surface area contributed by atoms with Gasteiger partial charge in [-0.05, 0) is 41.8 Å². The van der Waals surface area contributed by atoms with E-state index < -0.39 is 22.0 Å². The second kappa shape index (κ2) is 10.7. The number of hydrogen-bond donors (Lipinski definition) is 2. The highest BCUT2D eigenvalue weighted by molar-refractivity contribution is 7.89. The summed E-state index contributed by atoms with van der Waals surface area (Å²) in [6, 6.07) is 8.67. The summed E-state index contributed by atoms with van der Waals surface area (Å²) in [5.41, 5.74) is 1.06. The molecule has 32 heavy (non-hydrogen) atoms. The average molecular weight is 461 g/mol. The van der Waals surface area contributed by atoms with Crippen LogP contribution in [0.5, 0.6) is 0 Å². The monoisotopic (exact) mass is 460 g/mol. The summed E-state index contributed by atoms with van der Waals surface area (Å²) in [5.74, 6) is -0.999. The largest absolute Gasteiger partial charge is 0.379 e. The molecule has 1 aliphatic rings. The molecule has 0 radical (unpaired) electrons. The molecule has 2 N–H and O–H groups in total. The first-order chi connectivity index (χ1) is 15.3. The molecule has 9 nitrogen and oxygen atoms in total. The molecular weight excluding hydrogens is 432 g/mol. The Morgan fingerprint density at radius 3 is 2.47 bits per heavy atom. The molecule has 2 aromatic rings. The highest BCUT2D eigenvalue weighted by Crippen LogP contribution is 2.18. The number of ether oxygens (including phenoxy) is 1. The minimum Gasteiger partial charge on any atom is -0.379 e. The minimum atomic E-state index is -3.73. The lowest BCUT2D eigenvalue weighted by molar-refractivity contribution is -0.124. The van der Waals surface area contributed by atoms with Crippen LogP contribution in [0.1, 0.15) is 29.8 Å². The molecule has 0 unspecified atom stereocenters. The zero-order chi connectivity index (χ0) is 23.1. The highest BCUT2D eigenvalue weighted by atomic mass is 32.2. The quantitative estimate of drug-likeness (QED) is 0.611. The number of nitrogens with one attached hydrogen (secondary N) is 2. The van der Waals surface area contributed by atoms with Gasteiger partial charge in [-0.3, -0.25) is 14.6 Å². The van der Waals surface area contributed by atoms with Crippen molar-refractivity contribution in [3.05, 3.63) is 59.9 Å². The molecule has 0 bridgehead atoms. The van der Waals surface area contributed by atoms with Crippen molar-refractivity contribution in [2.24, 2.45) is 5.92 Å². The van der Waals surface area contributed by atoms with Crippen molar-refractivity contribution in [3.8, 4) is 0 Å². The fraction of sp³-hybridized carbons (Fsp3) is 0.409. The van der Waals surface area contributed by atoms with Gasteiger partial charge in [0.2, 0.25) is 15.9 Å². The molecule has 1 aliphatic heterocycles. The second-order valence-electron chi connectivity index (χ2n) is 7.81. The summed E-state index contributed by atoms with van der Waals surface area (Å²) in [4.78, 5) is 29.5. The van der Waals surface area contributed by atoms with Gasteiger partial charge in [0.05, 0.1) is 18.1 Å². The first-order valence-corrected chi connectivity index (χ1v) is 11.9. The normalized spacial score (nSPS) is 15.8. The Hall–Kier alpha value is -2.82. The summed E-state index contributed by atoms with van der Waals surface area (Å²) in [6.45, 7) is 5.19. The van der Waals surface area contributed by atoms with E-state index in [-0.39, 0.29) is 35.4 Å². The van der Waals surface area contributed by atoms with E-state index >= 15 is 0 Å². The molecule has 2 heterocycles. The fourth-order valence-corrected chi connectivity index (χ4v) is 4.75. The van der Waals surface area contributed by atoms with E-state index in [1.165, 1.54) is 28.6 Å². The van der Waals surface area contributed by atoms with Crippen LogP contribution in [0.3, 0.4) is 0 Å². The summed E-state index contributed by atoms with van der Waals surface area (Å²) < 4.78 is 32.3.